The molecule has 0 bridgehead atoms. The maximum absolute atomic E-state index is 12.2. The predicted octanol–water partition coefficient (Wildman–Crippen LogP) is 5.64. The first kappa shape index (κ1) is 20.2. The minimum atomic E-state index is -0.506. The third-order valence-corrected chi connectivity index (χ3v) is 5.51. The number of hydrogen-bond acceptors (Lipinski definition) is 6. The van der Waals surface area contributed by atoms with Crippen LogP contribution < -0.4 is 9.47 Å². The molecule has 152 valence electrons. The van der Waals surface area contributed by atoms with Gasteiger partial charge in [0.25, 0.3) is 0 Å². The highest BCUT2D eigenvalue weighted by Gasteiger charge is 2.25. The smallest absolute Gasteiger partial charge is 0.363 e. The molecular weight excluding hydrogens is 422 g/mol. The fourth-order valence-electron chi connectivity index (χ4n) is 2.99. The van der Waals surface area contributed by atoms with Crippen molar-refractivity contribution in [3.05, 3.63) is 86.2 Å². The fraction of sp³-hybridized carbons (Fsp3) is 0.130. The van der Waals surface area contributed by atoms with E-state index in [4.69, 9.17) is 25.8 Å². The number of nitrogens with zero attached hydrogens (tertiary/aromatic N) is 1. The molecule has 0 amide bonds. The number of aliphatic imine (C=N–C) groups is 1. The molecule has 0 saturated carbocycles. The van der Waals surface area contributed by atoms with E-state index < -0.39 is 5.97 Å². The van der Waals surface area contributed by atoms with Crippen molar-refractivity contribution in [2.24, 2.45) is 4.99 Å². The van der Waals surface area contributed by atoms with E-state index in [1.54, 1.807) is 25.3 Å². The van der Waals surface area contributed by atoms with Crippen LogP contribution in [0.5, 0.6) is 11.5 Å². The molecule has 30 heavy (non-hydrogen) atoms. The van der Waals surface area contributed by atoms with Crippen LogP contribution in [0.1, 0.15) is 21.6 Å². The van der Waals surface area contributed by atoms with E-state index in [1.807, 2.05) is 48.7 Å². The molecule has 5 nitrogen and oxygen atoms in total. The van der Waals surface area contributed by atoms with Gasteiger partial charge in [-0.3, -0.25) is 0 Å². The molecule has 2 heterocycles. The van der Waals surface area contributed by atoms with Gasteiger partial charge in [0.1, 0.15) is 6.61 Å². The van der Waals surface area contributed by atoms with Crippen molar-refractivity contribution >= 4 is 40.9 Å². The predicted molar refractivity (Wildman–Crippen MR) is 118 cm³/mol. The average Bonchev–Trinajstić information content (AvgIpc) is 3.37. The van der Waals surface area contributed by atoms with E-state index in [0.717, 1.165) is 16.0 Å². The molecule has 1 aromatic heterocycles. The Morgan fingerprint density at radius 3 is 2.80 bits per heavy atom. The van der Waals surface area contributed by atoms with Gasteiger partial charge < -0.3 is 14.2 Å². The van der Waals surface area contributed by atoms with Gasteiger partial charge in [0.05, 0.1) is 17.0 Å². The lowest BCUT2D eigenvalue weighted by molar-refractivity contribution is -0.129. The summed E-state index contributed by atoms with van der Waals surface area (Å²) in [6.45, 7) is 2.39. The van der Waals surface area contributed by atoms with Gasteiger partial charge in [-0.1, -0.05) is 47.5 Å². The standard InChI is InChI=1S/C23H18ClNO4S/c1-14-5-3-6-15(9-14)13-28-21-17(24)10-16(12-19(21)27-2)11-18-23(26)29-22(25-18)20-7-4-8-30-20/h3-12H,13H2,1-2H3/b18-11+. The molecule has 0 aliphatic carbocycles. The molecule has 0 N–H and O–H groups in total. The summed E-state index contributed by atoms with van der Waals surface area (Å²) in [5.41, 5.74) is 3.04. The van der Waals surface area contributed by atoms with Crippen LogP contribution in [0, 0.1) is 6.92 Å². The van der Waals surface area contributed by atoms with Crippen LogP contribution in [-0.4, -0.2) is 19.0 Å². The van der Waals surface area contributed by atoms with Crippen LogP contribution in [0.3, 0.4) is 0 Å². The highest BCUT2D eigenvalue weighted by molar-refractivity contribution is 7.12. The van der Waals surface area contributed by atoms with Crippen molar-refractivity contribution in [1.29, 1.82) is 0 Å². The molecular formula is C23H18ClNO4S. The number of methoxy groups -OCH3 is 1. The number of rotatable bonds is 6. The van der Waals surface area contributed by atoms with Gasteiger partial charge in [-0.2, -0.15) is 0 Å². The Hall–Kier alpha value is -3.09. The number of esters is 1. The van der Waals surface area contributed by atoms with E-state index in [1.165, 1.54) is 11.3 Å². The van der Waals surface area contributed by atoms with Gasteiger partial charge in [0.2, 0.25) is 5.90 Å². The zero-order valence-electron chi connectivity index (χ0n) is 16.3. The second kappa shape index (κ2) is 8.73. The summed E-state index contributed by atoms with van der Waals surface area (Å²) in [4.78, 5) is 17.3. The number of cyclic esters (lactones) is 1. The number of hydrogen-bond donors (Lipinski definition) is 0. The van der Waals surface area contributed by atoms with Gasteiger partial charge in [0, 0.05) is 0 Å². The SMILES string of the molecule is COc1cc(/C=C2/N=C(c3cccs3)OC2=O)cc(Cl)c1OCc1cccc(C)c1. The summed E-state index contributed by atoms with van der Waals surface area (Å²) in [6.07, 6.45) is 1.61. The number of ether oxygens (including phenoxy) is 3. The molecule has 0 fully saturated rings. The molecule has 1 aliphatic heterocycles. The lowest BCUT2D eigenvalue weighted by Gasteiger charge is -2.13. The first-order chi connectivity index (χ1) is 14.5. The lowest BCUT2D eigenvalue weighted by atomic mass is 10.1. The van der Waals surface area contributed by atoms with Crippen LogP contribution in [-0.2, 0) is 16.1 Å². The Balaban J connectivity index is 1.59. The van der Waals surface area contributed by atoms with E-state index in [2.05, 4.69) is 4.99 Å². The summed E-state index contributed by atoms with van der Waals surface area (Å²) in [7, 11) is 1.54. The molecule has 1 aliphatic rings. The average molecular weight is 440 g/mol. The van der Waals surface area contributed by atoms with Gasteiger partial charge in [-0.25, -0.2) is 9.79 Å². The lowest BCUT2D eigenvalue weighted by Crippen LogP contribution is -2.03. The molecule has 0 spiro atoms. The third-order valence-electron chi connectivity index (χ3n) is 4.37. The van der Waals surface area contributed by atoms with Gasteiger partial charge >= 0.3 is 5.97 Å². The van der Waals surface area contributed by atoms with Crippen molar-refractivity contribution in [3.63, 3.8) is 0 Å². The van der Waals surface area contributed by atoms with Crippen LogP contribution in [0.4, 0.5) is 0 Å². The van der Waals surface area contributed by atoms with Crippen molar-refractivity contribution in [1.82, 2.24) is 0 Å². The summed E-state index contributed by atoms with van der Waals surface area (Å²) in [5.74, 6) is 0.709. The zero-order chi connectivity index (χ0) is 21.1. The van der Waals surface area contributed by atoms with Crippen molar-refractivity contribution in [2.75, 3.05) is 7.11 Å². The summed E-state index contributed by atoms with van der Waals surface area (Å²) >= 11 is 7.91. The normalized spacial score (nSPS) is 14.6. The number of halogens is 1. The Bertz CT molecular complexity index is 1150. The van der Waals surface area contributed by atoms with Crippen LogP contribution in [0.15, 0.2) is 64.6 Å². The van der Waals surface area contributed by atoms with Crippen molar-refractivity contribution in [3.8, 4) is 11.5 Å². The van der Waals surface area contributed by atoms with Gasteiger partial charge in [0.15, 0.2) is 17.2 Å². The topological polar surface area (TPSA) is 57.1 Å². The maximum atomic E-state index is 12.2. The minimum Gasteiger partial charge on any atom is -0.493 e. The van der Waals surface area contributed by atoms with Crippen molar-refractivity contribution in [2.45, 2.75) is 13.5 Å². The zero-order valence-corrected chi connectivity index (χ0v) is 17.9. The second-order valence-electron chi connectivity index (χ2n) is 6.63. The Kier molecular flexibility index (Phi) is 5.88. The Morgan fingerprint density at radius 2 is 2.07 bits per heavy atom. The van der Waals surface area contributed by atoms with Crippen molar-refractivity contribution < 1.29 is 19.0 Å². The summed E-state index contributed by atoms with van der Waals surface area (Å²) in [6, 6.07) is 15.2. The summed E-state index contributed by atoms with van der Waals surface area (Å²) in [5, 5.41) is 2.27. The monoisotopic (exact) mass is 439 g/mol. The molecule has 2 aromatic carbocycles. The number of benzene rings is 2. The number of carbonyl (C=O) groups excluding carboxylic acids is 1. The quantitative estimate of drug-likeness (QED) is 0.368. The number of thiophene rings is 1. The second-order valence-corrected chi connectivity index (χ2v) is 7.98. The third kappa shape index (κ3) is 4.40. The molecule has 7 heteroatoms. The largest absolute Gasteiger partial charge is 0.493 e. The first-order valence-corrected chi connectivity index (χ1v) is 10.4. The van der Waals surface area contributed by atoms with E-state index in [0.29, 0.717) is 34.6 Å². The van der Waals surface area contributed by atoms with Gasteiger partial charge in [-0.05, 0) is 47.7 Å². The van der Waals surface area contributed by atoms with Gasteiger partial charge in [-0.15, -0.1) is 11.3 Å². The Labute approximate surface area is 183 Å². The molecule has 3 aromatic rings. The molecule has 4 rings (SSSR count). The molecule has 0 unspecified atom stereocenters. The molecule has 0 saturated heterocycles. The van der Waals surface area contributed by atoms with E-state index in [9.17, 15) is 4.79 Å². The number of carbonyl (C=O) groups is 1. The molecule has 0 atom stereocenters. The highest BCUT2D eigenvalue weighted by Crippen LogP contribution is 2.38. The highest BCUT2D eigenvalue weighted by atomic mass is 35.5. The summed E-state index contributed by atoms with van der Waals surface area (Å²) < 4.78 is 16.6. The maximum Gasteiger partial charge on any atom is 0.363 e. The Morgan fingerprint density at radius 1 is 1.20 bits per heavy atom. The van der Waals surface area contributed by atoms with Crippen LogP contribution >= 0.6 is 22.9 Å². The van der Waals surface area contributed by atoms with Crippen LogP contribution in [0.25, 0.3) is 6.08 Å². The molecule has 0 radical (unpaired) electrons. The van der Waals surface area contributed by atoms with E-state index >= 15 is 0 Å². The van der Waals surface area contributed by atoms with Crippen LogP contribution in [0.2, 0.25) is 5.02 Å². The minimum absolute atomic E-state index is 0.199. The number of aryl methyl sites for hydroxylation is 1. The first-order valence-electron chi connectivity index (χ1n) is 9.16. The fourth-order valence-corrected chi connectivity index (χ4v) is 3.92. The van der Waals surface area contributed by atoms with E-state index in [-0.39, 0.29) is 5.70 Å².